The summed E-state index contributed by atoms with van der Waals surface area (Å²) >= 11 is 1.35. The monoisotopic (exact) mass is 740 g/mol. The van der Waals surface area contributed by atoms with Crippen LogP contribution in [0.3, 0.4) is 0 Å². The number of piperazine rings is 1. The predicted molar refractivity (Wildman–Crippen MR) is 190 cm³/mol. The van der Waals surface area contributed by atoms with Crippen molar-refractivity contribution in [3.05, 3.63) is 39.4 Å². The minimum absolute atomic E-state index is 0.0263. The van der Waals surface area contributed by atoms with Crippen LogP contribution >= 0.6 is 11.8 Å². The van der Waals surface area contributed by atoms with Gasteiger partial charge in [0.1, 0.15) is 18.6 Å². The number of esters is 3. The Morgan fingerprint density at radius 2 is 1.79 bits per heavy atom. The number of fused-ring (bicyclic) bond motifs is 10. The highest BCUT2D eigenvalue weighted by Gasteiger charge is 2.60. The van der Waals surface area contributed by atoms with Crippen molar-refractivity contribution in [3.63, 3.8) is 0 Å². The number of phenols is 1. The molecule has 0 aromatic heterocycles. The molecular formula is C38H48N2O11S. The summed E-state index contributed by atoms with van der Waals surface area (Å²) in [6.45, 7) is 6.86. The lowest BCUT2D eigenvalue weighted by Crippen LogP contribution is -2.69. The number of methoxy groups -OCH3 is 1. The molecule has 52 heavy (non-hydrogen) atoms. The van der Waals surface area contributed by atoms with Crippen molar-refractivity contribution in [3.8, 4) is 28.7 Å². The maximum absolute atomic E-state index is 13.7. The molecule has 2 aromatic carbocycles. The summed E-state index contributed by atoms with van der Waals surface area (Å²) in [5.41, 5.74) is 4.19. The zero-order valence-electron chi connectivity index (χ0n) is 30.6. The number of aryl methyl sites for hydroxylation is 1. The number of aromatic hydroxyl groups is 1. The predicted octanol–water partition coefficient (Wildman–Crippen LogP) is 4.93. The summed E-state index contributed by atoms with van der Waals surface area (Å²) in [4.78, 5) is 43.5. The van der Waals surface area contributed by atoms with E-state index >= 15 is 0 Å². The van der Waals surface area contributed by atoms with E-state index in [4.69, 9.17) is 28.4 Å². The van der Waals surface area contributed by atoms with Gasteiger partial charge in [0.2, 0.25) is 12.9 Å². The topological polar surface area (TPSA) is 154 Å². The number of aliphatic hydroxyl groups is 1. The number of thioether (sulfide) groups is 1. The molecular weight excluding hydrogens is 692 g/mol. The van der Waals surface area contributed by atoms with Crippen LogP contribution in [0.5, 0.6) is 28.7 Å². The third kappa shape index (κ3) is 6.05. The molecule has 8 rings (SSSR count). The number of hydrogen-bond donors (Lipinski definition) is 2. The van der Waals surface area contributed by atoms with E-state index in [2.05, 4.69) is 11.8 Å². The first-order valence-electron chi connectivity index (χ1n) is 18.2. The van der Waals surface area contributed by atoms with Crippen molar-refractivity contribution in [2.45, 2.75) is 114 Å². The van der Waals surface area contributed by atoms with Gasteiger partial charge in [-0.1, -0.05) is 38.7 Å². The van der Waals surface area contributed by atoms with Crippen LogP contribution in [-0.2, 0) is 30.3 Å². The lowest BCUT2D eigenvalue weighted by atomic mass is 9.73. The number of benzene rings is 2. The number of carbonyl (C=O) groups excluding carboxylic acids is 3. The third-order valence-corrected chi connectivity index (χ3v) is 12.6. The van der Waals surface area contributed by atoms with Gasteiger partial charge in [-0.25, -0.2) is 4.79 Å². The van der Waals surface area contributed by atoms with Gasteiger partial charge in [0.15, 0.2) is 23.0 Å². The summed E-state index contributed by atoms with van der Waals surface area (Å²) in [5.74, 6) is -0.0737. The smallest absolute Gasteiger partial charge is 0.348 e. The first-order chi connectivity index (χ1) is 25.0. The summed E-state index contributed by atoms with van der Waals surface area (Å²) in [7, 11) is 3.46. The lowest BCUT2D eigenvalue weighted by molar-refractivity contribution is -0.188. The van der Waals surface area contributed by atoms with Crippen molar-refractivity contribution in [2.75, 3.05) is 33.3 Å². The first-order valence-corrected chi connectivity index (χ1v) is 19.2. The molecule has 0 spiro atoms. The van der Waals surface area contributed by atoms with Crippen LogP contribution in [0.15, 0.2) is 6.07 Å². The second-order valence-electron chi connectivity index (χ2n) is 14.4. The third-order valence-electron chi connectivity index (χ3n) is 11.2. The van der Waals surface area contributed by atoms with E-state index in [9.17, 15) is 24.6 Å². The average molecular weight is 741 g/mol. The Morgan fingerprint density at radius 3 is 2.52 bits per heavy atom. The molecule has 0 amide bonds. The SMILES string of the molecule is CCCCCCCC(=O)O[C@H]1CS[C@@H]2c3c(OC(C)=O)c(C)c4c(c3[C@@H](COC1=O)N1C2[C@@H]2c3c(cc(C)c(OC)c3O)C[C@@H]([C@@H]1O)N2C)OCO4. The van der Waals surface area contributed by atoms with Crippen molar-refractivity contribution >= 4 is 29.7 Å². The van der Waals surface area contributed by atoms with Crippen LogP contribution in [0.1, 0.15) is 103 Å². The minimum atomic E-state index is -1.19. The molecule has 2 saturated heterocycles. The van der Waals surface area contributed by atoms with Gasteiger partial charge in [0.05, 0.1) is 30.5 Å². The molecule has 4 bridgehead atoms. The van der Waals surface area contributed by atoms with Crippen LogP contribution in [0.2, 0.25) is 0 Å². The van der Waals surface area contributed by atoms with Gasteiger partial charge in [-0.15, -0.1) is 11.8 Å². The number of aliphatic hydroxyl groups excluding tert-OH is 1. The summed E-state index contributed by atoms with van der Waals surface area (Å²) in [6.07, 6.45) is 3.19. The molecule has 1 unspecified atom stereocenters. The average Bonchev–Trinajstić information content (AvgIpc) is 3.60. The largest absolute Gasteiger partial charge is 0.504 e. The molecule has 2 fully saturated rings. The van der Waals surface area contributed by atoms with Crippen molar-refractivity contribution in [1.29, 1.82) is 0 Å². The van der Waals surface area contributed by atoms with Crippen LogP contribution in [0, 0.1) is 13.8 Å². The van der Waals surface area contributed by atoms with Crippen LogP contribution in [0.4, 0.5) is 0 Å². The molecule has 14 heteroatoms. The van der Waals surface area contributed by atoms with E-state index in [0.29, 0.717) is 58.1 Å². The molecule has 0 saturated carbocycles. The molecule has 6 aliphatic rings. The summed E-state index contributed by atoms with van der Waals surface area (Å²) < 4.78 is 35.5. The number of phenolic OH excluding ortho intramolecular Hbond substituents is 1. The highest BCUT2D eigenvalue weighted by molar-refractivity contribution is 7.99. The molecule has 0 radical (unpaired) electrons. The van der Waals surface area contributed by atoms with Gasteiger partial charge < -0.3 is 38.6 Å². The number of likely N-dealkylation sites (N-methyl/N-ethyl adjacent to an activating group) is 1. The number of hydrogen-bond acceptors (Lipinski definition) is 14. The van der Waals surface area contributed by atoms with E-state index in [0.717, 1.165) is 36.8 Å². The second-order valence-corrected chi connectivity index (χ2v) is 15.5. The van der Waals surface area contributed by atoms with Gasteiger partial charge in [-0.2, -0.15) is 0 Å². The second kappa shape index (κ2) is 14.6. The molecule has 2 N–H and O–H groups in total. The fourth-order valence-corrected chi connectivity index (χ4v) is 10.4. The molecule has 13 nitrogen and oxygen atoms in total. The van der Waals surface area contributed by atoms with Crippen LogP contribution < -0.4 is 18.9 Å². The van der Waals surface area contributed by atoms with Gasteiger partial charge in [-0.3, -0.25) is 19.4 Å². The fourth-order valence-electron chi connectivity index (χ4n) is 8.93. The van der Waals surface area contributed by atoms with Crippen LogP contribution in [-0.4, -0.2) is 95.6 Å². The summed E-state index contributed by atoms with van der Waals surface area (Å²) in [5, 5.41) is 23.6. The number of rotatable bonds is 9. The highest BCUT2D eigenvalue weighted by atomic mass is 32.2. The van der Waals surface area contributed by atoms with E-state index < -0.39 is 53.6 Å². The Morgan fingerprint density at radius 1 is 1.04 bits per heavy atom. The van der Waals surface area contributed by atoms with Crippen molar-refractivity contribution in [2.24, 2.45) is 0 Å². The Balaban J connectivity index is 1.38. The van der Waals surface area contributed by atoms with Crippen molar-refractivity contribution < 1.29 is 53.0 Å². The standard InChI is InChI=1S/C38H48N2O11S/c1-7-8-9-10-11-12-25(42)51-24-16-52-36-28-27(35-34(48-17-49-35)19(3)33(28)50-20(4)41)23(15-47-38(24)45)40-30(36)29-26-21(14-22(37(40)44)39(29)5)13-18(2)32(46-6)31(26)43/h13,22-24,29-30,36-37,43-44H,7-12,14-17H2,1-6H3/t22-,23+,24-,29-,30?,36+,37-/m0/s1. The quantitative estimate of drug-likeness (QED) is 0.203. The Hall–Kier alpha value is -3.72. The van der Waals surface area contributed by atoms with Crippen LogP contribution in [0.25, 0.3) is 0 Å². The maximum atomic E-state index is 13.7. The Bertz CT molecular complexity index is 1770. The Labute approximate surface area is 307 Å². The number of carbonyl (C=O) groups is 3. The molecule has 0 aliphatic carbocycles. The van der Waals surface area contributed by atoms with Gasteiger partial charge in [-0.05, 0) is 44.9 Å². The normalized spacial score (nSPS) is 27.6. The minimum Gasteiger partial charge on any atom is -0.504 e. The molecule has 2 aromatic rings. The summed E-state index contributed by atoms with van der Waals surface area (Å²) in [6, 6.07) is -0.228. The number of unbranched alkanes of at least 4 members (excludes halogenated alkanes) is 4. The van der Waals surface area contributed by atoms with Gasteiger partial charge >= 0.3 is 17.9 Å². The molecule has 6 heterocycles. The molecule has 7 atom stereocenters. The van der Waals surface area contributed by atoms with E-state index in [-0.39, 0.29) is 37.4 Å². The number of ether oxygens (including phenoxy) is 6. The zero-order valence-corrected chi connectivity index (χ0v) is 31.4. The maximum Gasteiger partial charge on any atom is 0.348 e. The highest BCUT2D eigenvalue weighted by Crippen LogP contribution is 2.64. The number of nitrogens with zero attached hydrogens (tertiary/aromatic N) is 2. The molecule has 6 aliphatic heterocycles. The first kappa shape index (κ1) is 36.6. The molecule has 282 valence electrons. The van der Waals surface area contributed by atoms with Crippen molar-refractivity contribution in [1.82, 2.24) is 9.80 Å². The van der Waals surface area contributed by atoms with E-state index in [1.165, 1.54) is 25.8 Å². The van der Waals surface area contributed by atoms with Gasteiger partial charge in [0.25, 0.3) is 0 Å². The lowest BCUT2D eigenvalue weighted by Gasteiger charge is -2.62. The fraction of sp³-hybridized carbons (Fsp3) is 0.605. The Kier molecular flexibility index (Phi) is 10.3. The van der Waals surface area contributed by atoms with Gasteiger partial charge in [0, 0.05) is 47.4 Å². The van der Waals surface area contributed by atoms with E-state index in [1.54, 1.807) is 6.92 Å². The van der Waals surface area contributed by atoms with E-state index in [1.807, 2.05) is 24.9 Å². The zero-order chi connectivity index (χ0) is 37.0.